The minimum atomic E-state index is -0.854. The molecule has 0 saturated carbocycles. The minimum Gasteiger partial charge on any atom is -0.497 e. The van der Waals surface area contributed by atoms with Crippen molar-refractivity contribution in [3.63, 3.8) is 0 Å². The molecule has 0 radical (unpaired) electrons. The number of nitrogens with zero attached hydrogens (tertiary/aromatic N) is 2. The molecule has 4 rings (SSSR count). The van der Waals surface area contributed by atoms with Gasteiger partial charge in [0.15, 0.2) is 5.13 Å². The molecule has 0 aliphatic rings. The largest absolute Gasteiger partial charge is 0.497 e. The third kappa shape index (κ3) is 4.45. The lowest BCUT2D eigenvalue weighted by Crippen LogP contribution is -2.17. The summed E-state index contributed by atoms with van der Waals surface area (Å²) in [7, 11) is 1.62. The monoisotopic (exact) mass is 469 g/mol. The fraction of sp³-hybridized carbons (Fsp3) is 0.250. The zero-order valence-electron chi connectivity index (χ0n) is 18.1. The number of hydrogen-bond acceptors (Lipinski definition) is 5. The van der Waals surface area contributed by atoms with Crippen LogP contribution < -0.4 is 9.64 Å². The smallest absolute Gasteiger partial charge is 0.309 e. The lowest BCUT2D eigenvalue weighted by atomic mass is 10.1. The van der Waals surface area contributed by atoms with E-state index in [1.807, 2.05) is 30.3 Å². The number of halogens is 1. The van der Waals surface area contributed by atoms with E-state index < -0.39 is 5.97 Å². The van der Waals surface area contributed by atoms with Crippen LogP contribution in [0.5, 0.6) is 5.75 Å². The number of aryl methyl sites for hydroxylation is 1. The second-order valence-electron chi connectivity index (χ2n) is 7.54. The molecule has 0 spiro atoms. The van der Waals surface area contributed by atoms with Crippen molar-refractivity contribution in [2.24, 2.45) is 0 Å². The van der Waals surface area contributed by atoms with E-state index in [9.17, 15) is 4.79 Å². The Hall–Kier alpha value is -3.03. The number of carboxylic acid groups (broad SMARTS) is 1. The van der Waals surface area contributed by atoms with Crippen LogP contribution in [0.25, 0.3) is 22.2 Å². The summed E-state index contributed by atoms with van der Waals surface area (Å²) in [5, 5.41) is 11.5. The van der Waals surface area contributed by atoms with Gasteiger partial charge < -0.3 is 19.7 Å². The molecule has 0 saturated heterocycles. The quantitative estimate of drug-likeness (QED) is 0.310. The molecule has 0 fully saturated rings. The maximum atomic E-state index is 11.1. The average Bonchev–Trinajstić information content (AvgIpc) is 3.33. The molecular formula is C24H24ClN3O3S. The molecule has 4 aromatic rings. The summed E-state index contributed by atoms with van der Waals surface area (Å²) in [4.78, 5) is 22.5. The van der Waals surface area contributed by atoms with Crippen LogP contribution >= 0.6 is 22.9 Å². The van der Waals surface area contributed by atoms with Gasteiger partial charge in [-0.2, -0.15) is 0 Å². The molecule has 2 aromatic heterocycles. The van der Waals surface area contributed by atoms with E-state index >= 15 is 0 Å². The Bertz CT molecular complexity index is 1280. The van der Waals surface area contributed by atoms with Gasteiger partial charge in [-0.1, -0.05) is 18.5 Å². The predicted octanol–water partition coefficient (Wildman–Crippen LogP) is 6.44. The number of hydrogen-bond donors (Lipinski definition) is 2. The van der Waals surface area contributed by atoms with Crippen molar-refractivity contribution >= 4 is 50.6 Å². The molecule has 32 heavy (non-hydrogen) atoms. The molecule has 0 bridgehead atoms. The van der Waals surface area contributed by atoms with Crippen LogP contribution in [-0.2, 0) is 11.2 Å². The third-order valence-corrected chi connectivity index (χ3v) is 6.51. The highest BCUT2D eigenvalue weighted by atomic mass is 35.5. The Labute approximate surface area is 195 Å². The summed E-state index contributed by atoms with van der Waals surface area (Å²) in [5.74, 6) is -0.145. The van der Waals surface area contributed by atoms with Crippen molar-refractivity contribution in [3.8, 4) is 17.0 Å². The molecule has 0 aliphatic heterocycles. The highest BCUT2D eigenvalue weighted by molar-refractivity contribution is 7.16. The number of aliphatic carboxylic acids is 1. The van der Waals surface area contributed by atoms with Crippen molar-refractivity contribution in [2.45, 2.75) is 26.7 Å². The molecule has 2 aromatic carbocycles. The highest BCUT2D eigenvalue weighted by Crippen LogP contribution is 2.39. The number of fused-ring (bicyclic) bond motifs is 1. The number of H-pyrrole nitrogens is 1. The van der Waals surface area contributed by atoms with Gasteiger partial charge in [-0.25, -0.2) is 4.98 Å². The number of thiazole rings is 1. The van der Waals surface area contributed by atoms with Gasteiger partial charge in [-0.3, -0.25) is 4.79 Å². The number of nitrogens with one attached hydrogen (secondary N) is 1. The molecule has 2 heterocycles. The van der Waals surface area contributed by atoms with Gasteiger partial charge in [0.05, 0.1) is 24.2 Å². The maximum Gasteiger partial charge on any atom is 0.309 e. The first-order valence-corrected chi connectivity index (χ1v) is 11.5. The molecular weight excluding hydrogens is 446 g/mol. The second-order valence-corrected chi connectivity index (χ2v) is 9.12. The van der Waals surface area contributed by atoms with Crippen molar-refractivity contribution < 1.29 is 14.6 Å². The summed E-state index contributed by atoms with van der Waals surface area (Å²) in [5.41, 5.74) is 4.37. The van der Waals surface area contributed by atoms with Crippen LogP contribution in [-0.4, -0.2) is 34.7 Å². The third-order valence-electron chi connectivity index (χ3n) is 5.21. The van der Waals surface area contributed by atoms with Crippen LogP contribution in [0.3, 0.4) is 0 Å². The highest BCUT2D eigenvalue weighted by Gasteiger charge is 2.19. The fourth-order valence-electron chi connectivity index (χ4n) is 3.73. The molecule has 0 unspecified atom stereocenters. The van der Waals surface area contributed by atoms with Gasteiger partial charge in [0, 0.05) is 39.3 Å². The minimum absolute atomic E-state index is 0.0274. The summed E-state index contributed by atoms with van der Waals surface area (Å²) in [6.45, 7) is 4.99. The lowest BCUT2D eigenvalue weighted by Gasteiger charge is -2.21. The number of carbonyl (C=O) groups is 1. The number of rotatable bonds is 8. The van der Waals surface area contributed by atoms with Crippen LogP contribution in [0.15, 0.2) is 42.5 Å². The van der Waals surface area contributed by atoms with E-state index in [1.165, 1.54) is 0 Å². The van der Waals surface area contributed by atoms with Crippen LogP contribution in [0.2, 0.25) is 5.02 Å². The first kappa shape index (κ1) is 22.2. The number of carboxylic acids is 1. The van der Waals surface area contributed by atoms with Gasteiger partial charge in [-0.05, 0) is 55.8 Å². The van der Waals surface area contributed by atoms with E-state index in [-0.39, 0.29) is 6.42 Å². The predicted molar refractivity (Wildman–Crippen MR) is 131 cm³/mol. The Kier molecular flexibility index (Phi) is 6.39. The van der Waals surface area contributed by atoms with E-state index in [0.29, 0.717) is 16.5 Å². The molecule has 2 N–H and O–H groups in total. The van der Waals surface area contributed by atoms with Gasteiger partial charge >= 0.3 is 5.97 Å². The molecule has 8 heteroatoms. The number of aromatic nitrogens is 2. The van der Waals surface area contributed by atoms with Crippen molar-refractivity contribution in [2.75, 3.05) is 18.6 Å². The Morgan fingerprint density at radius 1 is 1.25 bits per heavy atom. The normalized spacial score (nSPS) is 11.1. The van der Waals surface area contributed by atoms with Gasteiger partial charge in [0.25, 0.3) is 0 Å². The van der Waals surface area contributed by atoms with Gasteiger partial charge in [0.2, 0.25) is 0 Å². The first-order valence-electron chi connectivity index (χ1n) is 10.3. The molecule has 0 amide bonds. The van der Waals surface area contributed by atoms with Crippen molar-refractivity contribution in [3.05, 3.63) is 58.1 Å². The molecule has 6 nitrogen and oxygen atoms in total. The number of ether oxygens (including phenoxy) is 1. The van der Waals surface area contributed by atoms with Crippen LogP contribution in [0.4, 0.5) is 10.8 Å². The van der Waals surface area contributed by atoms with Gasteiger partial charge in [-0.15, -0.1) is 11.3 Å². The van der Waals surface area contributed by atoms with Crippen LogP contribution in [0, 0.1) is 6.92 Å². The Morgan fingerprint density at radius 2 is 2.06 bits per heavy atom. The fourth-order valence-corrected chi connectivity index (χ4v) is 4.96. The topological polar surface area (TPSA) is 78.5 Å². The standard InChI is InChI=1S/C24H24ClN3O3S/c1-4-9-28(17-5-8-21-15(11-17)10-16(26-21)12-22(29)30)24-27-23(14(2)32-24)19-7-6-18(31-3)13-20(19)25/h5-8,10-11,13,26H,4,9,12H2,1-3H3,(H,29,30). The van der Waals surface area contributed by atoms with Crippen molar-refractivity contribution in [1.82, 2.24) is 9.97 Å². The number of benzene rings is 2. The molecule has 166 valence electrons. The first-order chi connectivity index (χ1) is 15.4. The summed E-state index contributed by atoms with van der Waals surface area (Å²) in [6, 6.07) is 13.6. The van der Waals surface area contributed by atoms with Crippen LogP contribution in [0.1, 0.15) is 23.9 Å². The van der Waals surface area contributed by atoms with E-state index in [2.05, 4.69) is 29.8 Å². The maximum absolute atomic E-state index is 11.1. The summed E-state index contributed by atoms with van der Waals surface area (Å²) >= 11 is 8.14. The zero-order valence-corrected chi connectivity index (χ0v) is 19.7. The molecule has 0 atom stereocenters. The molecule has 0 aliphatic carbocycles. The van der Waals surface area contributed by atoms with Gasteiger partial charge in [0.1, 0.15) is 5.75 Å². The summed E-state index contributed by atoms with van der Waals surface area (Å²) < 4.78 is 5.26. The van der Waals surface area contributed by atoms with Crippen molar-refractivity contribution in [1.29, 1.82) is 0 Å². The van der Waals surface area contributed by atoms with E-state index in [4.69, 9.17) is 26.4 Å². The Balaban J connectivity index is 1.72. The Morgan fingerprint density at radius 3 is 2.75 bits per heavy atom. The van der Waals surface area contributed by atoms with E-state index in [1.54, 1.807) is 24.5 Å². The zero-order chi connectivity index (χ0) is 22.8. The average molecular weight is 470 g/mol. The number of anilines is 2. The second kappa shape index (κ2) is 9.22. The van der Waals surface area contributed by atoms with E-state index in [0.717, 1.165) is 50.8 Å². The summed E-state index contributed by atoms with van der Waals surface area (Å²) in [6.07, 6.45) is 0.924. The number of methoxy groups -OCH3 is 1. The number of aromatic amines is 1. The SMILES string of the molecule is CCCN(c1ccc2[nH]c(CC(=O)O)cc2c1)c1nc(-c2ccc(OC)cc2Cl)c(C)s1. The lowest BCUT2D eigenvalue weighted by molar-refractivity contribution is -0.136.